The number of anilines is 1. The van der Waals surface area contributed by atoms with E-state index < -0.39 is 17.7 Å². The molecule has 0 saturated heterocycles. The summed E-state index contributed by atoms with van der Waals surface area (Å²) in [6.07, 6.45) is 4.96. The number of fused-ring (bicyclic) bond motifs is 1. The monoisotopic (exact) mass is 479 g/mol. The van der Waals surface area contributed by atoms with Gasteiger partial charge >= 0.3 is 5.97 Å². The minimum absolute atomic E-state index is 0.0173. The molecule has 2 amide bonds. The molecule has 0 saturated carbocycles. The predicted molar refractivity (Wildman–Crippen MR) is 135 cm³/mol. The summed E-state index contributed by atoms with van der Waals surface area (Å²) in [5, 5.41) is 10.8. The Labute approximate surface area is 203 Å². The van der Waals surface area contributed by atoms with Crippen molar-refractivity contribution in [3.63, 3.8) is 0 Å². The van der Waals surface area contributed by atoms with Crippen molar-refractivity contribution in [2.24, 2.45) is 11.1 Å². The van der Waals surface area contributed by atoms with Crippen LogP contribution in [0.2, 0.25) is 0 Å². The quantitative estimate of drug-likeness (QED) is 0.528. The van der Waals surface area contributed by atoms with E-state index in [0.29, 0.717) is 6.54 Å². The van der Waals surface area contributed by atoms with Gasteiger partial charge in [0.15, 0.2) is 0 Å². The number of carbonyl (C=O) groups excluding carboxylic acids is 2. The molecule has 0 bridgehead atoms. The number of hydrogen-bond donors (Lipinski definition) is 3. The number of nitrogens with one attached hydrogen (secondary N) is 1. The molecule has 1 aliphatic rings. The highest BCUT2D eigenvalue weighted by molar-refractivity contribution is 6.03. The van der Waals surface area contributed by atoms with Crippen LogP contribution in [-0.4, -0.2) is 47.2 Å². The molecule has 2 atom stereocenters. The molecule has 8 heteroatoms. The van der Waals surface area contributed by atoms with E-state index in [2.05, 4.69) is 32.2 Å². The Morgan fingerprint density at radius 2 is 1.71 bits per heavy atom. The summed E-state index contributed by atoms with van der Waals surface area (Å²) in [5.41, 5.74) is 5.75. The van der Waals surface area contributed by atoms with Gasteiger partial charge in [0, 0.05) is 24.4 Å². The fourth-order valence-corrected chi connectivity index (χ4v) is 3.00. The smallest absolute Gasteiger partial charge is 0.340 e. The lowest BCUT2D eigenvalue weighted by Crippen LogP contribution is -2.44. The number of carbonyl (C=O) groups is 3. The first-order chi connectivity index (χ1) is 15.6. The maximum atomic E-state index is 12.6. The van der Waals surface area contributed by atoms with E-state index in [0.717, 1.165) is 32.4 Å². The van der Waals surface area contributed by atoms with Crippen LogP contribution in [0.5, 0.6) is 0 Å². The van der Waals surface area contributed by atoms with Crippen LogP contribution in [0.1, 0.15) is 67.4 Å². The number of carboxylic acid groups (broad SMARTS) is 1. The van der Waals surface area contributed by atoms with Crippen molar-refractivity contribution in [3.8, 4) is 0 Å². The number of carboxylic acids is 1. The summed E-state index contributed by atoms with van der Waals surface area (Å²) in [4.78, 5) is 36.0. The largest absolute Gasteiger partial charge is 0.479 e. The molecule has 0 radical (unpaired) electrons. The first-order valence-electron chi connectivity index (χ1n) is 11.7. The van der Waals surface area contributed by atoms with Gasteiger partial charge in [-0.2, -0.15) is 0 Å². The first kappa shape index (κ1) is 31.3. The van der Waals surface area contributed by atoms with Gasteiger partial charge in [0.1, 0.15) is 0 Å². The molecule has 7 nitrogen and oxygen atoms in total. The Morgan fingerprint density at radius 1 is 1.18 bits per heavy atom. The topological polar surface area (TPSA) is 113 Å². The number of nitrogens with two attached hydrogens (primary N) is 1. The van der Waals surface area contributed by atoms with Crippen molar-refractivity contribution in [2.75, 3.05) is 11.4 Å². The third kappa shape index (κ3) is 11.4. The number of halogens is 1. The molecule has 0 spiro atoms. The molecule has 1 aromatic carbocycles. The predicted octanol–water partition coefficient (Wildman–Crippen LogP) is 4.25. The number of nitrogens with zero attached hydrogens (tertiary/aromatic N) is 1. The molecular formula is C26H42FN3O4. The standard InChI is InChI=1S/C20H29N3O2.C4H7FO2.C2H6/c1-14(21)19(25)22-16(13-20(2,3)4)9-10-18(24)23-12-11-15-7-5-6-8-17(15)23;1-4(2,5)3(6)7;1-2/h5-10,14,16H,11-13,21H2,1-4H3,(H,22,25);1-2H3,(H,6,7);1-2H3/b10-9+;;/t14-,16+;;/m0../s1. The van der Waals surface area contributed by atoms with Crippen molar-refractivity contribution in [1.29, 1.82) is 0 Å². The average Bonchev–Trinajstić information content (AvgIpc) is 3.16. The highest BCUT2D eigenvalue weighted by Crippen LogP contribution is 2.27. The summed E-state index contributed by atoms with van der Waals surface area (Å²) in [5.74, 6) is -1.69. The van der Waals surface area contributed by atoms with Crippen molar-refractivity contribution in [2.45, 2.75) is 86.0 Å². The summed E-state index contributed by atoms with van der Waals surface area (Å²) in [6, 6.07) is 7.17. The van der Waals surface area contributed by atoms with Crippen LogP contribution in [0.3, 0.4) is 0 Å². The van der Waals surface area contributed by atoms with E-state index in [9.17, 15) is 18.8 Å². The molecule has 0 unspecified atom stereocenters. The maximum Gasteiger partial charge on any atom is 0.340 e. The molecule has 1 aromatic rings. The summed E-state index contributed by atoms with van der Waals surface area (Å²) in [6.45, 7) is 14.6. The van der Waals surface area contributed by atoms with Crippen molar-refractivity contribution in [1.82, 2.24) is 5.32 Å². The maximum absolute atomic E-state index is 12.6. The third-order valence-electron chi connectivity index (χ3n) is 4.71. The lowest BCUT2D eigenvalue weighted by atomic mass is 9.88. The first-order valence-corrected chi connectivity index (χ1v) is 11.7. The second-order valence-electron chi connectivity index (χ2n) is 9.67. The van der Waals surface area contributed by atoms with E-state index in [4.69, 9.17) is 10.8 Å². The van der Waals surface area contributed by atoms with Crippen LogP contribution in [0.25, 0.3) is 0 Å². The number of para-hydroxylation sites is 1. The number of benzene rings is 1. The molecule has 192 valence electrons. The van der Waals surface area contributed by atoms with Gasteiger partial charge in [-0.05, 0) is 50.7 Å². The summed E-state index contributed by atoms with van der Waals surface area (Å²) < 4.78 is 11.9. The second kappa shape index (κ2) is 13.8. The number of hydrogen-bond acceptors (Lipinski definition) is 4. The lowest BCUT2D eigenvalue weighted by Gasteiger charge is -2.25. The number of amides is 2. The minimum atomic E-state index is -2.08. The van der Waals surface area contributed by atoms with E-state index in [1.165, 1.54) is 5.56 Å². The third-order valence-corrected chi connectivity index (χ3v) is 4.71. The lowest BCUT2D eigenvalue weighted by molar-refractivity contribution is -0.148. The zero-order valence-corrected chi connectivity index (χ0v) is 21.8. The van der Waals surface area contributed by atoms with Gasteiger partial charge in [-0.25, -0.2) is 9.18 Å². The van der Waals surface area contributed by atoms with Gasteiger partial charge in [0.05, 0.1) is 6.04 Å². The molecule has 2 rings (SSSR count). The molecule has 0 aromatic heterocycles. The van der Waals surface area contributed by atoms with E-state index in [-0.39, 0.29) is 23.3 Å². The van der Waals surface area contributed by atoms with Gasteiger partial charge in [-0.15, -0.1) is 0 Å². The molecule has 0 fully saturated rings. The van der Waals surface area contributed by atoms with Gasteiger partial charge in [-0.3, -0.25) is 9.59 Å². The Hall–Kier alpha value is -2.74. The number of aliphatic carboxylic acids is 1. The van der Waals surface area contributed by atoms with E-state index in [1.807, 2.05) is 32.0 Å². The van der Waals surface area contributed by atoms with Gasteiger partial charge in [0.25, 0.3) is 5.91 Å². The van der Waals surface area contributed by atoms with Crippen LogP contribution in [0.4, 0.5) is 10.1 Å². The molecule has 1 heterocycles. The van der Waals surface area contributed by atoms with Crippen LogP contribution < -0.4 is 16.0 Å². The SMILES string of the molecule is CC.CC(C)(F)C(=O)O.C[C@H](N)C(=O)N[C@H](/C=C/C(=O)N1CCc2ccccc21)CC(C)(C)C. The average molecular weight is 480 g/mol. The highest BCUT2D eigenvalue weighted by Gasteiger charge is 2.25. The Morgan fingerprint density at radius 3 is 2.18 bits per heavy atom. The zero-order valence-electron chi connectivity index (χ0n) is 21.8. The zero-order chi connectivity index (χ0) is 26.7. The van der Waals surface area contributed by atoms with E-state index in [1.54, 1.807) is 24.0 Å². The fourth-order valence-electron chi connectivity index (χ4n) is 3.00. The number of alkyl halides is 1. The van der Waals surface area contributed by atoms with Crippen LogP contribution in [0, 0.1) is 5.41 Å². The van der Waals surface area contributed by atoms with Crippen molar-refractivity contribution in [3.05, 3.63) is 42.0 Å². The van der Waals surface area contributed by atoms with Crippen molar-refractivity contribution < 1.29 is 23.9 Å². The van der Waals surface area contributed by atoms with Gasteiger partial charge in [-0.1, -0.05) is 58.9 Å². The van der Waals surface area contributed by atoms with Crippen LogP contribution in [0.15, 0.2) is 36.4 Å². The minimum Gasteiger partial charge on any atom is -0.479 e. The molecule has 34 heavy (non-hydrogen) atoms. The number of rotatable bonds is 6. The summed E-state index contributed by atoms with van der Waals surface area (Å²) in [7, 11) is 0. The van der Waals surface area contributed by atoms with Gasteiger partial charge < -0.3 is 21.1 Å². The molecule has 0 aliphatic carbocycles. The highest BCUT2D eigenvalue weighted by atomic mass is 19.1. The van der Waals surface area contributed by atoms with E-state index >= 15 is 0 Å². The van der Waals surface area contributed by atoms with Crippen LogP contribution >= 0.6 is 0 Å². The second-order valence-corrected chi connectivity index (χ2v) is 9.67. The Bertz CT molecular complexity index is 839. The van der Waals surface area contributed by atoms with Crippen LogP contribution in [-0.2, 0) is 20.8 Å². The van der Waals surface area contributed by atoms with Gasteiger partial charge in [0.2, 0.25) is 11.6 Å². The molecule has 1 aliphatic heterocycles. The Kier molecular flexibility index (Phi) is 12.7. The molecular weight excluding hydrogens is 437 g/mol. The summed E-state index contributed by atoms with van der Waals surface area (Å²) >= 11 is 0. The molecule has 4 N–H and O–H groups in total. The fraction of sp³-hybridized carbons (Fsp3) is 0.577. The Balaban J connectivity index is 0.00000104. The normalized spacial score (nSPS) is 14.7. The van der Waals surface area contributed by atoms with Crippen molar-refractivity contribution >= 4 is 23.5 Å².